The fourth-order valence-corrected chi connectivity index (χ4v) is 3.26. The van der Waals surface area contributed by atoms with Crippen molar-refractivity contribution in [1.29, 1.82) is 0 Å². The Labute approximate surface area is 122 Å². The number of benzene rings is 1. The molecular formula is C14H20N2O3S. The van der Waals surface area contributed by atoms with Crippen LogP contribution in [0.1, 0.15) is 6.92 Å². The second kappa shape index (κ2) is 6.74. The Kier molecular flexibility index (Phi) is 5.00. The quantitative estimate of drug-likeness (QED) is 0.853. The molecule has 0 aromatic heterocycles. The fraction of sp³-hybridized carbons (Fsp3) is 0.500. The Morgan fingerprint density at radius 1 is 1.40 bits per heavy atom. The van der Waals surface area contributed by atoms with Crippen molar-refractivity contribution in [3.8, 4) is 5.75 Å². The summed E-state index contributed by atoms with van der Waals surface area (Å²) in [6.45, 7) is 3.66. The second-order valence-electron chi connectivity index (χ2n) is 4.56. The van der Waals surface area contributed by atoms with Gasteiger partial charge in [-0.15, -0.1) is 0 Å². The molecule has 0 atom stereocenters. The maximum Gasteiger partial charge on any atom is 0.324 e. The Morgan fingerprint density at radius 3 is 2.70 bits per heavy atom. The normalized spacial score (nSPS) is 16.0. The van der Waals surface area contributed by atoms with Crippen molar-refractivity contribution >= 4 is 22.5 Å². The Hall–Kier alpha value is -1.56. The van der Waals surface area contributed by atoms with Gasteiger partial charge < -0.3 is 9.64 Å². The molecule has 0 saturated carbocycles. The lowest BCUT2D eigenvalue weighted by molar-refractivity contribution is 0.209. The zero-order chi connectivity index (χ0) is 14.5. The van der Waals surface area contributed by atoms with E-state index >= 15 is 0 Å². The first kappa shape index (κ1) is 14.8. The van der Waals surface area contributed by atoms with Crippen LogP contribution in [0.4, 0.5) is 10.5 Å². The molecule has 0 N–H and O–H groups in total. The molecule has 0 bridgehead atoms. The molecule has 110 valence electrons. The first-order valence-electron chi connectivity index (χ1n) is 6.71. The molecule has 20 heavy (non-hydrogen) atoms. The van der Waals surface area contributed by atoms with Gasteiger partial charge in [-0.05, 0) is 19.1 Å². The number of hydrogen-bond donors (Lipinski definition) is 0. The highest BCUT2D eigenvalue weighted by Crippen LogP contribution is 2.22. The van der Waals surface area contributed by atoms with Crippen LogP contribution in [0.2, 0.25) is 0 Å². The molecule has 6 heteroatoms. The molecule has 0 aliphatic carbocycles. The zero-order valence-corrected chi connectivity index (χ0v) is 12.7. The van der Waals surface area contributed by atoms with Gasteiger partial charge in [-0.2, -0.15) is 0 Å². The number of carbonyl (C=O) groups is 1. The molecule has 5 nitrogen and oxygen atoms in total. The number of hydrogen-bond acceptors (Lipinski definition) is 3. The third kappa shape index (κ3) is 3.30. The number of rotatable bonds is 3. The van der Waals surface area contributed by atoms with Crippen LogP contribution in [0, 0.1) is 0 Å². The molecule has 1 fully saturated rings. The van der Waals surface area contributed by atoms with Crippen LogP contribution < -0.4 is 9.64 Å². The molecule has 1 aromatic carbocycles. The van der Waals surface area contributed by atoms with Crippen LogP contribution in [-0.2, 0) is 10.8 Å². The number of ether oxygens (including phenoxy) is 1. The van der Waals surface area contributed by atoms with Gasteiger partial charge in [0.1, 0.15) is 5.75 Å². The van der Waals surface area contributed by atoms with E-state index in [4.69, 9.17) is 4.74 Å². The average molecular weight is 296 g/mol. The first-order chi connectivity index (χ1) is 9.65. The summed E-state index contributed by atoms with van der Waals surface area (Å²) in [6.07, 6.45) is 0. The van der Waals surface area contributed by atoms with E-state index in [0.29, 0.717) is 31.1 Å². The summed E-state index contributed by atoms with van der Waals surface area (Å²) in [6, 6.07) is 7.44. The van der Waals surface area contributed by atoms with Crippen LogP contribution in [0.15, 0.2) is 24.3 Å². The molecule has 1 aliphatic heterocycles. The number of anilines is 1. The maximum atomic E-state index is 12.5. The number of amides is 2. The average Bonchev–Trinajstić information content (AvgIpc) is 2.49. The summed E-state index contributed by atoms with van der Waals surface area (Å²) in [5, 5.41) is 0. The monoisotopic (exact) mass is 296 g/mol. The highest BCUT2D eigenvalue weighted by atomic mass is 32.2. The summed E-state index contributed by atoms with van der Waals surface area (Å²) in [5.41, 5.74) is 0.823. The predicted molar refractivity (Wildman–Crippen MR) is 80.9 cm³/mol. The van der Waals surface area contributed by atoms with Crippen molar-refractivity contribution in [2.45, 2.75) is 6.92 Å². The van der Waals surface area contributed by atoms with Gasteiger partial charge in [-0.25, -0.2) is 4.79 Å². The smallest absolute Gasteiger partial charge is 0.324 e. The molecule has 2 amide bonds. The standard InChI is InChI=1S/C14H20N2O3S/c1-3-16(12-5-4-6-13(11-12)19-2)14(17)15-7-9-20(18)10-8-15/h4-6,11H,3,7-10H2,1-2H3. The lowest BCUT2D eigenvalue weighted by Gasteiger charge is -2.32. The zero-order valence-electron chi connectivity index (χ0n) is 11.9. The second-order valence-corrected chi connectivity index (χ2v) is 6.26. The topological polar surface area (TPSA) is 49.9 Å². The maximum absolute atomic E-state index is 12.5. The van der Waals surface area contributed by atoms with E-state index in [1.54, 1.807) is 16.9 Å². The predicted octanol–water partition coefficient (Wildman–Crippen LogP) is 1.71. The fourth-order valence-electron chi connectivity index (χ4n) is 2.21. The van der Waals surface area contributed by atoms with Gasteiger partial charge in [0, 0.05) is 53.7 Å². The molecule has 2 rings (SSSR count). The van der Waals surface area contributed by atoms with Crippen LogP contribution >= 0.6 is 0 Å². The largest absolute Gasteiger partial charge is 0.497 e. The van der Waals surface area contributed by atoms with Crippen LogP contribution in [0.3, 0.4) is 0 Å². The van der Waals surface area contributed by atoms with E-state index in [-0.39, 0.29) is 6.03 Å². The van der Waals surface area contributed by atoms with Crippen molar-refractivity contribution in [1.82, 2.24) is 4.90 Å². The number of carbonyl (C=O) groups excluding carboxylic acids is 1. The summed E-state index contributed by atoms with van der Waals surface area (Å²) in [4.78, 5) is 16.0. The molecular weight excluding hydrogens is 276 g/mol. The van der Waals surface area contributed by atoms with Crippen LogP contribution in [-0.4, -0.2) is 53.4 Å². The molecule has 1 aromatic rings. The van der Waals surface area contributed by atoms with Crippen molar-refractivity contribution in [2.75, 3.05) is 43.1 Å². The first-order valence-corrected chi connectivity index (χ1v) is 8.20. The SMILES string of the molecule is CCN(C(=O)N1CCS(=O)CC1)c1cccc(OC)c1. The van der Waals surface area contributed by atoms with E-state index in [1.165, 1.54) is 0 Å². The van der Waals surface area contributed by atoms with Crippen molar-refractivity contribution in [2.24, 2.45) is 0 Å². The molecule has 1 heterocycles. The third-order valence-electron chi connectivity index (χ3n) is 3.36. The summed E-state index contributed by atoms with van der Waals surface area (Å²) in [5.74, 6) is 1.87. The van der Waals surface area contributed by atoms with Crippen molar-refractivity contribution in [3.63, 3.8) is 0 Å². The third-order valence-corrected chi connectivity index (χ3v) is 4.64. The minimum Gasteiger partial charge on any atom is -0.497 e. The number of methoxy groups -OCH3 is 1. The highest BCUT2D eigenvalue weighted by molar-refractivity contribution is 7.85. The molecule has 1 aliphatic rings. The summed E-state index contributed by atoms with van der Waals surface area (Å²) in [7, 11) is 0.834. The number of nitrogens with zero attached hydrogens (tertiary/aromatic N) is 2. The van der Waals surface area contributed by atoms with E-state index in [1.807, 2.05) is 31.2 Å². The number of urea groups is 1. The Balaban J connectivity index is 2.14. The molecule has 1 saturated heterocycles. The van der Waals surface area contributed by atoms with E-state index in [0.717, 1.165) is 11.4 Å². The van der Waals surface area contributed by atoms with Gasteiger partial charge >= 0.3 is 6.03 Å². The van der Waals surface area contributed by atoms with Gasteiger partial charge in [0.25, 0.3) is 0 Å². The molecule has 0 radical (unpaired) electrons. The van der Waals surface area contributed by atoms with E-state index in [9.17, 15) is 9.00 Å². The Bertz CT molecular complexity index is 497. The molecule has 0 spiro atoms. The lowest BCUT2D eigenvalue weighted by Crippen LogP contribution is -2.48. The highest BCUT2D eigenvalue weighted by Gasteiger charge is 2.24. The summed E-state index contributed by atoms with van der Waals surface area (Å²) < 4.78 is 16.6. The van der Waals surface area contributed by atoms with Crippen molar-refractivity contribution in [3.05, 3.63) is 24.3 Å². The van der Waals surface area contributed by atoms with Crippen LogP contribution in [0.5, 0.6) is 5.75 Å². The molecule has 0 unspecified atom stereocenters. The minimum absolute atomic E-state index is 0.0301. The Morgan fingerprint density at radius 2 is 2.10 bits per heavy atom. The van der Waals surface area contributed by atoms with Gasteiger partial charge in [0.2, 0.25) is 0 Å². The van der Waals surface area contributed by atoms with E-state index < -0.39 is 10.8 Å². The van der Waals surface area contributed by atoms with Gasteiger partial charge in [0.15, 0.2) is 0 Å². The van der Waals surface area contributed by atoms with Crippen molar-refractivity contribution < 1.29 is 13.7 Å². The minimum atomic E-state index is -0.775. The van der Waals surface area contributed by atoms with E-state index in [2.05, 4.69) is 0 Å². The van der Waals surface area contributed by atoms with Crippen LogP contribution in [0.25, 0.3) is 0 Å². The lowest BCUT2D eigenvalue weighted by atomic mass is 10.2. The van der Waals surface area contributed by atoms with Gasteiger partial charge in [0.05, 0.1) is 7.11 Å². The van der Waals surface area contributed by atoms with Gasteiger partial charge in [-0.1, -0.05) is 6.07 Å². The van der Waals surface area contributed by atoms with Gasteiger partial charge in [-0.3, -0.25) is 9.11 Å². The summed E-state index contributed by atoms with van der Waals surface area (Å²) >= 11 is 0.